The van der Waals surface area contributed by atoms with E-state index in [1.54, 1.807) is 42.2 Å². The minimum Gasteiger partial charge on any atom is -0.338 e. The molecule has 2 aromatic rings. The van der Waals surface area contributed by atoms with Crippen LogP contribution >= 0.6 is 0 Å². The standard InChI is InChI=1S/C25H25F6N3O2/c1-3-32-23(36)34-10-9-20(21(15-34)17-7-5-4-6-8-17)22(35)33(2)14-16-11-18(24(26,27)28)13-19(12-16)25(29,30)31/h4-8,11-13H,3,9-10,14-15H2,1-2H3,(H,32,36). The molecule has 0 radical (unpaired) electrons. The first-order valence-electron chi connectivity index (χ1n) is 11.1. The van der Waals surface area contributed by atoms with E-state index in [1.807, 2.05) is 0 Å². The van der Waals surface area contributed by atoms with Gasteiger partial charge in [0.15, 0.2) is 0 Å². The Balaban J connectivity index is 1.94. The van der Waals surface area contributed by atoms with E-state index >= 15 is 0 Å². The highest BCUT2D eigenvalue weighted by atomic mass is 19.4. The van der Waals surface area contributed by atoms with E-state index in [4.69, 9.17) is 0 Å². The lowest BCUT2D eigenvalue weighted by Gasteiger charge is -2.32. The third-order valence-corrected chi connectivity index (χ3v) is 5.75. The van der Waals surface area contributed by atoms with Crippen molar-refractivity contribution in [2.24, 2.45) is 0 Å². The second-order valence-corrected chi connectivity index (χ2v) is 8.41. The topological polar surface area (TPSA) is 52.7 Å². The molecule has 0 atom stereocenters. The average Bonchev–Trinajstić information content (AvgIpc) is 2.82. The summed E-state index contributed by atoms with van der Waals surface area (Å²) in [6, 6.07) is 9.84. The van der Waals surface area contributed by atoms with Crippen LogP contribution in [0.2, 0.25) is 0 Å². The molecule has 0 unspecified atom stereocenters. The molecule has 1 aliphatic heterocycles. The van der Waals surface area contributed by atoms with Gasteiger partial charge in [0, 0.05) is 38.8 Å². The number of likely N-dealkylation sites (N-methyl/N-ethyl adjacent to an activating group) is 1. The zero-order chi connectivity index (χ0) is 26.7. The van der Waals surface area contributed by atoms with Crippen LogP contribution in [0.3, 0.4) is 0 Å². The van der Waals surface area contributed by atoms with Crippen LogP contribution < -0.4 is 5.32 Å². The summed E-state index contributed by atoms with van der Waals surface area (Å²) >= 11 is 0. The van der Waals surface area contributed by atoms with Crippen molar-refractivity contribution in [3.05, 3.63) is 76.4 Å². The third-order valence-electron chi connectivity index (χ3n) is 5.75. The molecule has 3 amide bonds. The number of alkyl halides is 6. The van der Waals surface area contributed by atoms with Gasteiger partial charge in [0.25, 0.3) is 0 Å². The third kappa shape index (κ3) is 6.38. The van der Waals surface area contributed by atoms with Crippen LogP contribution in [0.1, 0.15) is 35.6 Å². The zero-order valence-electron chi connectivity index (χ0n) is 19.6. The molecule has 0 fully saturated rings. The molecule has 0 saturated heterocycles. The number of benzene rings is 2. The van der Waals surface area contributed by atoms with E-state index in [2.05, 4.69) is 5.32 Å². The number of carbonyl (C=O) groups is 2. The molecular weight excluding hydrogens is 488 g/mol. The molecule has 0 saturated carbocycles. The van der Waals surface area contributed by atoms with Crippen molar-refractivity contribution in [1.29, 1.82) is 0 Å². The summed E-state index contributed by atoms with van der Waals surface area (Å²) in [5.41, 5.74) is -1.55. The van der Waals surface area contributed by atoms with Crippen LogP contribution in [0.15, 0.2) is 54.1 Å². The van der Waals surface area contributed by atoms with Gasteiger partial charge in [-0.05, 0) is 48.2 Å². The van der Waals surface area contributed by atoms with Crippen LogP contribution in [0, 0.1) is 0 Å². The van der Waals surface area contributed by atoms with Crippen molar-refractivity contribution < 1.29 is 35.9 Å². The number of nitrogens with zero attached hydrogens (tertiary/aromatic N) is 2. The first-order valence-corrected chi connectivity index (χ1v) is 11.1. The van der Waals surface area contributed by atoms with Crippen molar-refractivity contribution in [1.82, 2.24) is 15.1 Å². The molecule has 5 nitrogen and oxygen atoms in total. The second-order valence-electron chi connectivity index (χ2n) is 8.41. The SMILES string of the molecule is CCNC(=O)N1CCC(C(=O)N(C)Cc2cc(C(F)(F)F)cc(C(F)(F)F)c2)=C(c2ccccc2)C1. The Morgan fingerprint density at radius 3 is 2.08 bits per heavy atom. The molecular formula is C25H25F6N3O2. The highest BCUT2D eigenvalue weighted by Crippen LogP contribution is 2.37. The van der Waals surface area contributed by atoms with Gasteiger partial charge in [-0.3, -0.25) is 4.79 Å². The lowest BCUT2D eigenvalue weighted by atomic mass is 9.93. The van der Waals surface area contributed by atoms with E-state index in [0.29, 0.717) is 35.4 Å². The molecule has 0 spiro atoms. The smallest absolute Gasteiger partial charge is 0.338 e. The summed E-state index contributed by atoms with van der Waals surface area (Å²) in [5.74, 6) is -0.532. The van der Waals surface area contributed by atoms with E-state index in [0.717, 1.165) is 4.90 Å². The molecule has 194 valence electrons. The highest BCUT2D eigenvalue weighted by molar-refractivity contribution is 6.02. The zero-order valence-corrected chi connectivity index (χ0v) is 19.6. The summed E-state index contributed by atoms with van der Waals surface area (Å²) in [7, 11) is 1.32. The molecule has 1 heterocycles. The Hall–Kier alpha value is -3.50. The summed E-state index contributed by atoms with van der Waals surface area (Å²) in [6.45, 7) is 2.10. The Kier molecular flexibility index (Phi) is 8.00. The first-order chi connectivity index (χ1) is 16.8. The number of nitrogens with one attached hydrogen (secondary N) is 1. The minimum absolute atomic E-state index is 0.0540. The molecule has 1 aliphatic rings. The number of rotatable bonds is 5. The van der Waals surface area contributed by atoms with Gasteiger partial charge < -0.3 is 15.1 Å². The second kappa shape index (κ2) is 10.6. The fourth-order valence-electron chi connectivity index (χ4n) is 4.03. The summed E-state index contributed by atoms with van der Waals surface area (Å²) in [4.78, 5) is 28.4. The van der Waals surface area contributed by atoms with E-state index in [1.165, 1.54) is 7.05 Å². The first kappa shape index (κ1) is 27.1. The van der Waals surface area contributed by atoms with Crippen molar-refractivity contribution in [3.63, 3.8) is 0 Å². The van der Waals surface area contributed by atoms with Crippen molar-refractivity contribution in [2.45, 2.75) is 32.2 Å². The van der Waals surface area contributed by atoms with Crippen molar-refractivity contribution >= 4 is 17.5 Å². The van der Waals surface area contributed by atoms with Crippen LogP contribution in [-0.4, -0.2) is 48.4 Å². The minimum atomic E-state index is -4.98. The van der Waals surface area contributed by atoms with Gasteiger partial charge >= 0.3 is 18.4 Å². The van der Waals surface area contributed by atoms with Crippen LogP contribution in [0.4, 0.5) is 31.1 Å². The number of hydrogen-bond acceptors (Lipinski definition) is 2. The monoisotopic (exact) mass is 513 g/mol. The fourth-order valence-corrected chi connectivity index (χ4v) is 4.03. The lowest BCUT2D eigenvalue weighted by molar-refractivity contribution is -0.143. The van der Waals surface area contributed by atoms with E-state index in [9.17, 15) is 35.9 Å². The molecule has 2 aromatic carbocycles. The van der Waals surface area contributed by atoms with Crippen LogP contribution in [0.25, 0.3) is 5.57 Å². The molecule has 36 heavy (non-hydrogen) atoms. The number of carbonyl (C=O) groups excluding carboxylic acids is 2. The van der Waals surface area contributed by atoms with Crippen molar-refractivity contribution in [2.75, 3.05) is 26.7 Å². The summed E-state index contributed by atoms with van der Waals surface area (Å²) < 4.78 is 79.4. The lowest BCUT2D eigenvalue weighted by Crippen LogP contribution is -2.44. The average molecular weight is 513 g/mol. The molecule has 0 aromatic heterocycles. The Morgan fingerprint density at radius 1 is 0.972 bits per heavy atom. The quantitative estimate of drug-likeness (QED) is 0.532. The fraction of sp³-hybridized carbons (Fsp3) is 0.360. The molecule has 3 rings (SSSR count). The van der Waals surface area contributed by atoms with Gasteiger partial charge in [-0.2, -0.15) is 26.3 Å². The largest absolute Gasteiger partial charge is 0.416 e. The molecule has 1 N–H and O–H groups in total. The molecule has 11 heteroatoms. The van der Waals surface area contributed by atoms with E-state index < -0.39 is 35.9 Å². The maximum atomic E-state index is 13.4. The number of amides is 3. The normalized spacial score (nSPS) is 14.6. The van der Waals surface area contributed by atoms with E-state index in [-0.39, 0.29) is 37.2 Å². The maximum absolute atomic E-state index is 13.4. The Bertz CT molecular complexity index is 1110. The predicted octanol–water partition coefficient (Wildman–Crippen LogP) is 5.57. The molecule has 0 aliphatic carbocycles. The highest BCUT2D eigenvalue weighted by Gasteiger charge is 2.37. The van der Waals surface area contributed by atoms with Gasteiger partial charge in [-0.15, -0.1) is 0 Å². The van der Waals surface area contributed by atoms with Gasteiger partial charge in [-0.25, -0.2) is 4.79 Å². The van der Waals surface area contributed by atoms with Gasteiger partial charge in [0.1, 0.15) is 0 Å². The van der Waals surface area contributed by atoms with Gasteiger partial charge in [0.2, 0.25) is 5.91 Å². The number of hydrogen-bond donors (Lipinski definition) is 1. The van der Waals surface area contributed by atoms with Gasteiger partial charge in [0.05, 0.1) is 11.1 Å². The Morgan fingerprint density at radius 2 is 1.56 bits per heavy atom. The van der Waals surface area contributed by atoms with Crippen LogP contribution in [-0.2, 0) is 23.7 Å². The van der Waals surface area contributed by atoms with Gasteiger partial charge in [-0.1, -0.05) is 30.3 Å². The van der Waals surface area contributed by atoms with Crippen molar-refractivity contribution in [3.8, 4) is 0 Å². The summed E-state index contributed by atoms with van der Waals surface area (Å²) in [6.07, 6.45) is -9.78. The Labute approximate surface area is 204 Å². The van der Waals surface area contributed by atoms with Crippen LogP contribution in [0.5, 0.6) is 0 Å². The summed E-state index contributed by atoms with van der Waals surface area (Å²) in [5, 5.41) is 2.71. The molecule has 0 bridgehead atoms. The maximum Gasteiger partial charge on any atom is 0.416 e. The number of halogens is 6. The predicted molar refractivity (Wildman–Crippen MR) is 122 cm³/mol. The number of urea groups is 1.